The van der Waals surface area contributed by atoms with Crippen LogP contribution in [-0.2, 0) is 4.79 Å². The van der Waals surface area contributed by atoms with Crippen molar-refractivity contribution in [2.24, 2.45) is 0 Å². The number of benzene rings is 2. The molecule has 0 aromatic heterocycles. The Bertz CT molecular complexity index is 900. The zero-order valence-corrected chi connectivity index (χ0v) is 16.7. The molecule has 3 rings (SSSR count). The number of rotatable bonds is 8. The van der Waals surface area contributed by atoms with Crippen molar-refractivity contribution in [2.45, 2.75) is 32.6 Å². The molecule has 0 aliphatic carbocycles. The first-order valence-electron chi connectivity index (χ1n) is 9.75. The molecule has 0 atom stereocenters. The van der Waals surface area contributed by atoms with E-state index in [-0.39, 0.29) is 11.6 Å². The molecule has 29 heavy (non-hydrogen) atoms. The van der Waals surface area contributed by atoms with Gasteiger partial charge in [-0.1, -0.05) is 13.3 Å². The summed E-state index contributed by atoms with van der Waals surface area (Å²) in [6, 6.07) is 9.22. The summed E-state index contributed by atoms with van der Waals surface area (Å²) in [4.78, 5) is 25.8. The lowest BCUT2D eigenvalue weighted by atomic mass is 10.1. The van der Waals surface area contributed by atoms with Gasteiger partial charge in [-0.3, -0.25) is 9.59 Å². The minimum absolute atomic E-state index is 0.0889. The molecular formula is C22H25FN2O4. The van der Waals surface area contributed by atoms with E-state index in [1.54, 1.807) is 24.3 Å². The van der Waals surface area contributed by atoms with E-state index in [1.165, 1.54) is 24.1 Å². The predicted molar refractivity (Wildman–Crippen MR) is 109 cm³/mol. The zero-order chi connectivity index (χ0) is 20.8. The van der Waals surface area contributed by atoms with Crippen LogP contribution in [0.1, 0.15) is 43.0 Å². The molecule has 1 fully saturated rings. The third-order valence-electron chi connectivity index (χ3n) is 4.75. The largest absolute Gasteiger partial charge is 0.493 e. The second kappa shape index (κ2) is 9.41. The summed E-state index contributed by atoms with van der Waals surface area (Å²) in [5, 5.41) is 2.67. The molecule has 0 spiro atoms. The fraction of sp³-hybridized carbons (Fsp3) is 0.364. The Hall–Kier alpha value is -3.09. The average Bonchev–Trinajstić information content (AvgIpc) is 3.14. The predicted octanol–water partition coefficient (Wildman–Crippen LogP) is 4.39. The molecule has 1 saturated heterocycles. The van der Waals surface area contributed by atoms with Gasteiger partial charge in [0.25, 0.3) is 5.91 Å². The van der Waals surface area contributed by atoms with Crippen LogP contribution in [0.15, 0.2) is 36.4 Å². The number of nitrogens with zero attached hydrogens (tertiary/aromatic N) is 1. The minimum atomic E-state index is -0.546. The lowest BCUT2D eigenvalue weighted by Gasteiger charge is -2.17. The number of ether oxygens (including phenoxy) is 2. The topological polar surface area (TPSA) is 67.9 Å². The molecule has 1 N–H and O–H groups in total. The number of halogens is 1. The molecule has 2 aromatic rings. The Morgan fingerprint density at radius 2 is 2.03 bits per heavy atom. The second-order valence-corrected chi connectivity index (χ2v) is 6.84. The Morgan fingerprint density at radius 1 is 1.21 bits per heavy atom. The molecule has 0 unspecified atom stereocenters. The van der Waals surface area contributed by atoms with Gasteiger partial charge in [-0.2, -0.15) is 0 Å². The van der Waals surface area contributed by atoms with Crippen molar-refractivity contribution in [1.82, 2.24) is 0 Å². The van der Waals surface area contributed by atoms with E-state index in [4.69, 9.17) is 9.47 Å². The van der Waals surface area contributed by atoms with Crippen LogP contribution in [0.4, 0.5) is 15.8 Å². The van der Waals surface area contributed by atoms with Crippen LogP contribution in [-0.4, -0.2) is 32.1 Å². The van der Waals surface area contributed by atoms with Gasteiger partial charge in [-0.05, 0) is 49.2 Å². The molecule has 1 aliphatic rings. The molecule has 2 amide bonds. The number of methoxy groups -OCH3 is 1. The smallest absolute Gasteiger partial charge is 0.255 e. The highest BCUT2D eigenvalue weighted by Gasteiger charge is 2.24. The number of unbranched alkanes of at least 4 members (excludes halogenated alkanes) is 1. The van der Waals surface area contributed by atoms with Crippen LogP contribution < -0.4 is 19.7 Å². The van der Waals surface area contributed by atoms with Crippen molar-refractivity contribution in [1.29, 1.82) is 0 Å². The van der Waals surface area contributed by atoms with Crippen molar-refractivity contribution < 1.29 is 23.5 Å². The van der Waals surface area contributed by atoms with Crippen molar-refractivity contribution in [3.63, 3.8) is 0 Å². The molecule has 154 valence electrons. The Balaban J connectivity index is 1.71. The van der Waals surface area contributed by atoms with E-state index in [0.29, 0.717) is 42.3 Å². The lowest BCUT2D eigenvalue weighted by Crippen LogP contribution is -2.24. The first-order chi connectivity index (χ1) is 14.0. The maximum Gasteiger partial charge on any atom is 0.255 e. The number of carbonyl (C=O) groups is 2. The van der Waals surface area contributed by atoms with Gasteiger partial charge in [0, 0.05) is 24.2 Å². The van der Waals surface area contributed by atoms with Gasteiger partial charge < -0.3 is 19.7 Å². The fourth-order valence-corrected chi connectivity index (χ4v) is 3.16. The molecule has 2 aromatic carbocycles. The summed E-state index contributed by atoms with van der Waals surface area (Å²) >= 11 is 0. The van der Waals surface area contributed by atoms with Crippen LogP contribution >= 0.6 is 0 Å². The molecular weight excluding hydrogens is 375 g/mol. The standard InChI is InChI=1S/C22H25FN2O4/c1-3-4-12-29-19-10-7-15(13-20(19)28-2)22(27)24-16-8-9-18(17(23)14-16)25-11-5-6-21(25)26/h7-10,13-14H,3-6,11-12H2,1-2H3,(H,24,27). The highest BCUT2D eigenvalue weighted by atomic mass is 19.1. The zero-order valence-electron chi connectivity index (χ0n) is 16.7. The van der Waals surface area contributed by atoms with Gasteiger partial charge in [-0.15, -0.1) is 0 Å². The summed E-state index contributed by atoms with van der Waals surface area (Å²) in [5.41, 5.74) is 0.912. The molecule has 1 heterocycles. The maximum atomic E-state index is 14.5. The van der Waals surface area contributed by atoms with Crippen LogP contribution in [0.3, 0.4) is 0 Å². The monoisotopic (exact) mass is 400 g/mol. The first-order valence-corrected chi connectivity index (χ1v) is 9.75. The van der Waals surface area contributed by atoms with E-state index in [0.717, 1.165) is 19.3 Å². The number of anilines is 2. The summed E-state index contributed by atoms with van der Waals surface area (Å²) in [6.07, 6.45) is 3.09. The lowest BCUT2D eigenvalue weighted by molar-refractivity contribution is -0.117. The van der Waals surface area contributed by atoms with E-state index >= 15 is 0 Å². The second-order valence-electron chi connectivity index (χ2n) is 6.84. The summed E-state index contributed by atoms with van der Waals surface area (Å²) < 4.78 is 25.5. The van der Waals surface area contributed by atoms with Crippen LogP contribution in [0.25, 0.3) is 0 Å². The fourth-order valence-electron chi connectivity index (χ4n) is 3.16. The summed E-state index contributed by atoms with van der Waals surface area (Å²) in [5.74, 6) is 0.00291. The number of carbonyl (C=O) groups excluding carboxylic acids is 2. The maximum absolute atomic E-state index is 14.5. The van der Waals surface area contributed by atoms with E-state index in [2.05, 4.69) is 12.2 Å². The molecule has 7 heteroatoms. The number of hydrogen-bond acceptors (Lipinski definition) is 4. The Labute approximate surface area is 169 Å². The van der Waals surface area contributed by atoms with Gasteiger partial charge in [0.2, 0.25) is 5.91 Å². The average molecular weight is 400 g/mol. The van der Waals surface area contributed by atoms with Gasteiger partial charge in [0.05, 0.1) is 19.4 Å². The number of nitrogens with one attached hydrogen (secondary N) is 1. The van der Waals surface area contributed by atoms with Gasteiger partial charge >= 0.3 is 0 Å². The van der Waals surface area contributed by atoms with Gasteiger partial charge in [-0.25, -0.2) is 4.39 Å². The van der Waals surface area contributed by atoms with Crippen molar-refractivity contribution in [3.05, 3.63) is 47.8 Å². The quantitative estimate of drug-likeness (QED) is 0.667. The normalized spacial score (nSPS) is 13.5. The van der Waals surface area contributed by atoms with Gasteiger partial charge in [0.15, 0.2) is 11.5 Å². The minimum Gasteiger partial charge on any atom is -0.493 e. The van der Waals surface area contributed by atoms with E-state index in [1.807, 2.05) is 0 Å². The molecule has 0 bridgehead atoms. The highest BCUT2D eigenvalue weighted by Crippen LogP contribution is 2.30. The Morgan fingerprint density at radius 3 is 2.69 bits per heavy atom. The van der Waals surface area contributed by atoms with Crippen molar-refractivity contribution in [2.75, 3.05) is 30.5 Å². The third kappa shape index (κ3) is 4.85. The van der Waals surface area contributed by atoms with Gasteiger partial charge in [0.1, 0.15) is 5.82 Å². The number of amides is 2. The van der Waals surface area contributed by atoms with E-state index < -0.39 is 11.7 Å². The summed E-state index contributed by atoms with van der Waals surface area (Å²) in [7, 11) is 1.51. The molecule has 0 saturated carbocycles. The SMILES string of the molecule is CCCCOc1ccc(C(=O)Nc2ccc(N3CCCC3=O)c(F)c2)cc1OC. The van der Waals surface area contributed by atoms with Crippen LogP contribution in [0, 0.1) is 5.82 Å². The van der Waals surface area contributed by atoms with Crippen LogP contribution in [0.2, 0.25) is 0 Å². The highest BCUT2D eigenvalue weighted by molar-refractivity contribution is 6.05. The third-order valence-corrected chi connectivity index (χ3v) is 4.75. The van der Waals surface area contributed by atoms with E-state index in [9.17, 15) is 14.0 Å². The molecule has 1 aliphatic heterocycles. The Kier molecular flexibility index (Phi) is 6.69. The summed E-state index contributed by atoms with van der Waals surface area (Å²) in [6.45, 7) is 3.16. The molecule has 6 nitrogen and oxygen atoms in total. The van der Waals surface area contributed by atoms with Crippen LogP contribution in [0.5, 0.6) is 11.5 Å². The van der Waals surface area contributed by atoms with Crippen molar-refractivity contribution in [3.8, 4) is 11.5 Å². The number of hydrogen-bond donors (Lipinski definition) is 1. The molecule has 0 radical (unpaired) electrons. The first kappa shape index (κ1) is 20.6. The van der Waals surface area contributed by atoms with Crippen molar-refractivity contribution >= 4 is 23.2 Å².